The van der Waals surface area contributed by atoms with Gasteiger partial charge in [-0.15, -0.1) is 11.3 Å². The predicted octanol–water partition coefficient (Wildman–Crippen LogP) is 4.50. The van der Waals surface area contributed by atoms with Gasteiger partial charge in [-0.3, -0.25) is 9.59 Å². The van der Waals surface area contributed by atoms with E-state index in [1.807, 2.05) is 5.38 Å². The van der Waals surface area contributed by atoms with Gasteiger partial charge in [-0.2, -0.15) is 0 Å². The van der Waals surface area contributed by atoms with Crippen LogP contribution < -0.4 is 10.6 Å². The molecule has 2 heterocycles. The maximum atomic E-state index is 12.6. The molecule has 0 bridgehead atoms. The number of carbonyl (C=O) groups excluding carboxylic acids is 2. The van der Waals surface area contributed by atoms with Crippen molar-refractivity contribution in [2.75, 3.05) is 10.6 Å². The van der Waals surface area contributed by atoms with Crippen LogP contribution >= 0.6 is 22.9 Å². The average Bonchev–Trinajstić information content (AvgIpc) is 3.10. The van der Waals surface area contributed by atoms with Crippen molar-refractivity contribution < 1.29 is 9.59 Å². The number of amides is 2. The van der Waals surface area contributed by atoms with E-state index in [1.54, 1.807) is 18.3 Å². The summed E-state index contributed by atoms with van der Waals surface area (Å²) in [6, 6.07) is 3.35. The fourth-order valence-corrected chi connectivity index (χ4v) is 4.16. The summed E-state index contributed by atoms with van der Waals surface area (Å²) in [6.45, 7) is 0. The monoisotopic (exact) mass is 392 g/mol. The Hall–Kier alpha value is -1.99. The van der Waals surface area contributed by atoms with Gasteiger partial charge in [0.1, 0.15) is 5.15 Å². The lowest BCUT2D eigenvalue weighted by Gasteiger charge is -2.36. The Labute approximate surface area is 161 Å². The number of hydrogen-bond donors (Lipinski definition) is 2. The number of nitrogens with one attached hydrogen (secondary N) is 2. The highest BCUT2D eigenvalue weighted by Crippen LogP contribution is 2.42. The number of aromatic nitrogens is 2. The molecule has 1 aliphatic rings. The molecule has 2 amide bonds. The molecule has 0 unspecified atom stereocenters. The maximum Gasteiger partial charge on any atom is 0.226 e. The van der Waals surface area contributed by atoms with Crippen LogP contribution in [0.15, 0.2) is 29.9 Å². The molecule has 0 spiro atoms. The first-order chi connectivity index (χ1) is 12.5. The number of hydrogen-bond acceptors (Lipinski definition) is 5. The van der Waals surface area contributed by atoms with E-state index in [-0.39, 0.29) is 17.2 Å². The summed E-state index contributed by atoms with van der Waals surface area (Å²) in [5.74, 6) is -0.180. The summed E-state index contributed by atoms with van der Waals surface area (Å²) in [6.07, 6.45) is 8.83. The lowest BCUT2D eigenvalue weighted by molar-refractivity contribution is -0.122. The zero-order valence-electron chi connectivity index (χ0n) is 14.3. The summed E-state index contributed by atoms with van der Waals surface area (Å²) >= 11 is 7.16. The smallest absolute Gasteiger partial charge is 0.226 e. The van der Waals surface area contributed by atoms with Crippen molar-refractivity contribution in [1.82, 2.24) is 9.97 Å². The summed E-state index contributed by atoms with van der Waals surface area (Å²) in [7, 11) is 0. The molecule has 138 valence electrons. The minimum atomic E-state index is -0.302. The third-order valence-corrected chi connectivity index (χ3v) is 5.59. The number of pyridine rings is 1. The standard InChI is InChI=1S/C18H21ClN4O2S/c19-14-5-4-13(12-21-14)22-15(24)10-18(6-2-1-3-7-18)11-16(25)23-17-20-8-9-26-17/h4-5,8-9,12H,1-3,6-7,10-11H2,(H,22,24)(H,20,23,25). The van der Waals surface area contributed by atoms with Gasteiger partial charge in [0, 0.05) is 24.4 Å². The van der Waals surface area contributed by atoms with Crippen molar-refractivity contribution in [2.45, 2.75) is 44.9 Å². The molecule has 2 aromatic rings. The van der Waals surface area contributed by atoms with Gasteiger partial charge in [-0.25, -0.2) is 9.97 Å². The van der Waals surface area contributed by atoms with Crippen LogP contribution in [0, 0.1) is 5.41 Å². The zero-order chi connectivity index (χ0) is 18.4. The molecule has 1 aliphatic carbocycles. The highest BCUT2D eigenvalue weighted by atomic mass is 35.5. The fourth-order valence-electron chi connectivity index (χ4n) is 3.50. The van der Waals surface area contributed by atoms with Crippen LogP contribution in [-0.4, -0.2) is 21.8 Å². The SMILES string of the molecule is O=C(CC1(CC(=O)Nc2nccs2)CCCCC1)Nc1ccc(Cl)nc1. The largest absolute Gasteiger partial charge is 0.325 e. The lowest BCUT2D eigenvalue weighted by atomic mass is 9.69. The fraction of sp³-hybridized carbons (Fsp3) is 0.444. The topological polar surface area (TPSA) is 84.0 Å². The molecule has 1 fully saturated rings. The second-order valence-corrected chi connectivity index (χ2v) is 8.00. The molecule has 2 N–H and O–H groups in total. The molecule has 8 heteroatoms. The van der Waals surface area contributed by atoms with E-state index < -0.39 is 0 Å². The molecule has 2 aromatic heterocycles. The van der Waals surface area contributed by atoms with Gasteiger partial charge < -0.3 is 10.6 Å². The number of carbonyl (C=O) groups is 2. The second kappa shape index (κ2) is 8.60. The van der Waals surface area contributed by atoms with Crippen LogP contribution in [0.5, 0.6) is 0 Å². The third-order valence-electron chi connectivity index (χ3n) is 4.68. The van der Waals surface area contributed by atoms with Crippen LogP contribution in [0.4, 0.5) is 10.8 Å². The molecule has 0 atom stereocenters. The Morgan fingerprint density at radius 1 is 1.08 bits per heavy atom. The Balaban J connectivity index is 1.63. The maximum absolute atomic E-state index is 12.6. The van der Waals surface area contributed by atoms with Crippen molar-refractivity contribution in [3.05, 3.63) is 35.1 Å². The predicted molar refractivity (Wildman–Crippen MR) is 103 cm³/mol. The zero-order valence-corrected chi connectivity index (χ0v) is 15.9. The summed E-state index contributed by atoms with van der Waals surface area (Å²) in [5, 5.41) is 8.49. The van der Waals surface area contributed by atoms with E-state index in [4.69, 9.17) is 11.6 Å². The molecule has 0 saturated heterocycles. The molecule has 1 saturated carbocycles. The molecule has 0 aromatic carbocycles. The first kappa shape index (κ1) is 18.8. The highest BCUT2D eigenvalue weighted by molar-refractivity contribution is 7.13. The normalized spacial score (nSPS) is 16.0. The van der Waals surface area contributed by atoms with E-state index >= 15 is 0 Å². The van der Waals surface area contributed by atoms with Gasteiger partial charge in [-0.05, 0) is 30.4 Å². The molecule has 6 nitrogen and oxygen atoms in total. The van der Waals surface area contributed by atoms with E-state index in [9.17, 15) is 9.59 Å². The van der Waals surface area contributed by atoms with Crippen LogP contribution in [0.3, 0.4) is 0 Å². The van der Waals surface area contributed by atoms with Gasteiger partial charge in [0.25, 0.3) is 0 Å². The minimum absolute atomic E-state index is 0.0807. The van der Waals surface area contributed by atoms with E-state index in [0.29, 0.717) is 28.8 Å². The van der Waals surface area contributed by atoms with Gasteiger partial charge in [-0.1, -0.05) is 30.9 Å². The Morgan fingerprint density at radius 3 is 2.42 bits per heavy atom. The number of thiazole rings is 1. The molecule has 3 rings (SSSR count). The molecule has 0 radical (unpaired) electrons. The molecular formula is C18H21ClN4O2S. The van der Waals surface area contributed by atoms with E-state index in [1.165, 1.54) is 17.5 Å². The van der Waals surface area contributed by atoms with Crippen molar-refractivity contribution in [3.63, 3.8) is 0 Å². The van der Waals surface area contributed by atoms with Crippen LogP contribution in [0.1, 0.15) is 44.9 Å². The summed E-state index contributed by atoms with van der Waals surface area (Å²) in [5.41, 5.74) is 0.307. The van der Waals surface area contributed by atoms with Crippen molar-refractivity contribution in [2.24, 2.45) is 5.41 Å². The van der Waals surface area contributed by atoms with Gasteiger partial charge in [0.2, 0.25) is 11.8 Å². The Kier molecular flexibility index (Phi) is 6.21. The summed E-state index contributed by atoms with van der Waals surface area (Å²) < 4.78 is 0. The minimum Gasteiger partial charge on any atom is -0.325 e. The van der Waals surface area contributed by atoms with Gasteiger partial charge in [0.15, 0.2) is 5.13 Å². The average molecular weight is 393 g/mol. The first-order valence-corrected chi connectivity index (χ1v) is 9.91. The van der Waals surface area contributed by atoms with Crippen LogP contribution in [0.25, 0.3) is 0 Å². The molecular weight excluding hydrogens is 372 g/mol. The van der Waals surface area contributed by atoms with Crippen LogP contribution in [-0.2, 0) is 9.59 Å². The van der Waals surface area contributed by atoms with E-state index in [2.05, 4.69) is 20.6 Å². The Morgan fingerprint density at radius 2 is 1.81 bits per heavy atom. The number of nitrogens with zero attached hydrogens (tertiary/aromatic N) is 2. The Bertz CT molecular complexity index is 743. The number of rotatable bonds is 6. The van der Waals surface area contributed by atoms with Crippen LogP contribution in [0.2, 0.25) is 5.15 Å². The quantitative estimate of drug-likeness (QED) is 0.709. The van der Waals surface area contributed by atoms with Gasteiger partial charge >= 0.3 is 0 Å². The third kappa shape index (κ3) is 5.25. The lowest BCUT2D eigenvalue weighted by Crippen LogP contribution is -2.34. The van der Waals surface area contributed by atoms with Crippen molar-refractivity contribution in [1.29, 1.82) is 0 Å². The van der Waals surface area contributed by atoms with Crippen molar-refractivity contribution in [3.8, 4) is 0 Å². The number of anilines is 2. The number of halogens is 1. The van der Waals surface area contributed by atoms with E-state index in [0.717, 1.165) is 32.1 Å². The van der Waals surface area contributed by atoms with Crippen molar-refractivity contribution >= 4 is 45.6 Å². The molecule has 26 heavy (non-hydrogen) atoms. The van der Waals surface area contributed by atoms with Gasteiger partial charge in [0.05, 0.1) is 11.9 Å². The molecule has 0 aliphatic heterocycles. The second-order valence-electron chi connectivity index (χ2n) is 6.72. The summed E-state index contributed by atoms with van der Waals surface area (Å²) in [4.78, 5) is 33.1. The first-order valence-electron chi connectivity index (χ1n) is 8.65. The highest BCUT2D eigenvalue weighted by Gasteiger charge is 2.36.